The lowest BCUT2D eigenvalue weighted by atomic mass is 9.74. The molecule has 0 radical (unpaired) electrons. The number of hydrogen-bond acceptors (Lipinski definition) is 2. The molecule has 1 heterocycles. The van der Waals surface area contributed by atoms with Crippen molar-refractivity contribution in [2.45, 2.75) is 18.8 Å². The number of fused-ring (bicyclic) bond motifs is 6. The molecule has 2 nitrogen and oxygen atoms in total. The summed E-state index contributed by atoms with van der Waals surface area (Å²) in [6.07, 6.45) is 8.06. The Kier molecular flexibility index (Phi) is 7.37. The number of furan rings is 1. The normalized spacial score (nSPS) is 15.7. The molecule has 0 amide bonds. The van der Waals surface area contributed by atoms with Crippen LogP contribution in [0.25, 0.3) is 65.7 Å². The Morgan fingerprint density at radius 2 is 1.25 bits per heavy atom. The van der Waals surface area contributed by atoms with Gasteiger partial charge < -0.3 is 9.32 Å². The molecule has 1 aliphatic rings. The standard InChI is InChI=1S/C51H37NO/c1-51(47-22-12-21-43-41-18-6-5-15-36(41)25-27-44(43)47)31-29-39(30-32-51)52(40-17-11-16-37(33-40)35-13-3-2-4-14-35)48-23-9-7-19-42(48)38-26-28-50-46(34-38)45-20-8-10-24-49(45)53-50/h2-31,33-34H,32H2,1H3. The highest BCUT2D eigenvalue weighted by Crippen LogP contribution is 2.45. The molecular formula is C51H37NO. The number of hydrogen-bond donors (Lipinski definition) is 0. The topological polar surface area (TPSA) is 16.4 Å². The maximum Gasteiger partial charge on any atom is 0.135 e. The molecule has 0 spiro atoms. The molecule has 0 bridgehead atoms. The van der Waals surface area contributed by atoms with E-state index in [1.165, 1.54) is 38.2 Å². The molecule has 0 N–H and O–H groups in total. The summed E-state index contributed by atoms with van der Waals surface area (Å²) < 4.78 is 6.22. The van der Waals surface area contributed by atoms with Crippen LogP contribution in [-0.2, 0) is 5.41 Å². The van der Waals surface area contributed by atoms with Gasteiger partial charge in [-0.15, -0.1) is 0 Å². The minimum absolute atomic E-state index is 0.171. The summed E-state index contributed by atoms with van der Waals surface area (Å²) in [7, 11) is 0. The zero-order valence-electron chi connectivity index (χ0n) is 29.5. The molecule has 0 saturated heterocycles. The van der Waals surface area contributed by atoms with E-state index in [1.807, 2.05) is 12.1 Å². The highest BCUT2D eigenvalue weighted by atomic mass is 16.3. The van der Waals surface area contributed by atoms with Crippen LogP contribution in [0.1, 0.15) is 18.9 Å². The van der Waals surface area contributed by atoms with Crippen molar-refractivity contribution in [2.24, 2.45) is 0 Å². The van der Waals surface area contributed by atoms with Gasteiger partial charge in [0.05, 0.1) is 5.69 Å². The number of benzene rings is 8. The van der Waals surface area contributed by atoms with E-state index >= 15 is 0 Å². The van der Waals surface area contributed by atoms with Crippen molar-refractivity contribution in [3.8, 4) is 22.3 Å². The molecule has 0 aliphatic heterocycles. The van der Waals surface area contributed by atoms with Crippen molar-refractivity contribution < 1.29 is 4.42 Å². The number of allylic oxidation sites excluding steroid dienone is 3. The quantitative estimate of drug-likeness (QED) is 0.163. The molecule has 53 heavy (non-hydrogen) atoms. The summed E-state index contributed by atoms with van der Waals surface area (Å²) >= 11 is 0. The summed E-state index contributed by atoms with van der Waals surface area (Å²) in [6, 6.07) is 63.3. The lowest BCUT2D eigenvalue weighted by molar-refractivity contribution is 0.601. The van der Waals surface area contributed by atoms with Gasteiger partial charge in [0.25, 0.3) is 0 Å². The van der Waals surface area contributed by atoms with Gasteiger partial charge in [-0.3, -0.25) is 0 Å². The van der Waals surface area contributed by atoms with Gasteiger partial charge in [-0.1, -0.05) is 159 Å². The molecular weight excluding hydrogens is 643 g/mol. The zero-order chi connectivity index (χ0) is 35.4. The molecule has 10 rings (SSSR count). The third kappa shape index (κ3) is 5.34. The number of nitrogens with zero attached hydrogens (tertiary/aromatic N) is 1. The van der Waals surface area contributed by atoms with Crippen LogP contribution in [0.2, 0.25) is 0 Å². The molecule has 0 fully saturated rings. The van der Waals surface area contributed by atoms with Gasteiger partial charge in [0.15, 0.2) is 0 Å². The summed E-state index contributed by atoms with van der Waals surface area (Å²) in [4.78, 5) is 2.44. The van der Waals surface area contributed by atoms with Crippen molar-refractivity contribution in [3.05, 3.63) is 205 Å². The van der Waals surface area contributed by atoms with E-state index < -0.39 is 0 Å². The van der Waals surface area contributed by atoms with E-state index in [-0.39, 0.29) is 5.41 Å². The van der Waals surface area contributed by atoms with Gasteiger partial charge in [0.2, 0.25) is 0 Å². The first-order chi connectivity index (χ1) is 26.1. The molecule has 2 heteroatoms. The molecule has 1 aromatic heterocycles. The highest BCUT2D eigenvalue weighted by molar-refractivity contribution is 6.09. The lowest BCUT2D eigenvalue weighted by Gasteiger charge is -2.35. The van der Waals surface area contributed by atoms with E-state index in [2.05, 4.69) is 194 Å². The van der Waals surface area contributed by atoms with Crippen LogP contribution < -0.4 is 4.90 Å². The third-order valence-corrected chi connectivity index (χ3v) is 11.1. The van der Waals surface area contributed by atoms with E-state index in [9.17, 15) is 0 Å². The third-order valence-electron chi connectivity index (χ3n) is 11.1. The largest absolute Gasteiger partial charge is 0.456 e. The molecule has 1 atom stereocenters. The number of anilines is 2. The van der Waals surface area contributed by atoms with E-state index in [4.69, 9.17) is 4.42 Å². The van der Waals surface area contributed by atoms with Crippen LogP contribution in [0.4, 0.5) is 11.4 Å². The maximum atomic E-state index is 6.22. The van der Waals surface area contributed by atoms with Crippen LogP contribution in [0.15, 0.2) is 204 Å². The molecule has 0 saturated carbocycles. The monoisotopic (exact) mass is 679 g/mol. The maximum absolute atomic E-state index is 6.22. The summed E-state index contributed by atoms with van der Waals surface area (Å²) in [5, 5.41) is 7.45. The zero-order valence-corrected chi connectivity index (χ0v) is 29.5. The predicted octanol–water partition coefficient (Wildman–Crippen LogP) is 14.2. The van der Waals surface area contributed by atoms with Crippen LogP contribution in [-0.4, -0.2) is 0 Å². The van der Waals surface area contributed by atoms with Crippen molar-refractivity contribution >= 4 is 54.9 Å². The number of para-hydroxylation sites is 2. The Balaban J connectivity index is 1.11. The Hall–Kier alpha value is -6.64. The minimum atomic E-state index is -0.171. The number of rotatable bonds is 6. The van der Waals surface area contributed by atoms with Crippen LogP contribution in [0.5, 0.6) is 0 Å². The highest BCUT2D eigenvalue weighted by Gasteiger charge is 2.29. The van der Waals surface area contributed by atoms with Gasteiger partial charge in [0, 0.05) is 33.1 Å². The second-order valence-corrected chi connectivity index (χ2v) is 14.3. The summed E-state index contributed by atoms with van der Waals surface area (Å²) in [5.41, 5.74) is 11.1. The fraction of sp³-hybridized carbons (Fsp3) is 0.0588. The first kappa shape index (κ1) is 31.1. The fourth-order valence-corrected chi connectivity index (χ4v) is 8.31. The van der Waals surface area contributed by atoms with Crippen molar-refractivity contribution in [1.29, 1.82) is 0 Å². The second kappa shape index (κ2) is 12.5. The van der Waals surface area contributed by atoms with Crippen molar-refractivity contribution in [3.63, 3.8) is 0 Å². The predicted molar refractivity (Wildman–Crippen MR) is 224 cm³/mol. The molecule has 1 aliphatic carbocycles. The average molecular weight is 680 g/mol. The van der Waals surface area contributed by atoms with Crippen LogP contribution >= 0.6 is 0 Å². The molecule has 9 aromatic rings. The van der Waals surface area contributed by atoms with Crippen molar-refractivity contribution in [2.75, 3.05) is 4.90 Å². The second-order valence-electron chi connectivity index (χ2n) is 14.3. The van der Waals surface area contributed by atoms with Crippen LogP contribution in [0, 0.1) is 0 Å². The van der Waals surface area contributed by atoms with Crippen molar-refractivity contribution in [1.82, 2.24) is 0 Å². The van der Waals surface area contributed by atoms with Gasteiger partial charge >= 0.3 is 0 Å². The van der Waals surface area contributed by atoms with Crippen LogP contribution in [0.3, 0.4) is 0 Å². The Morgan fingerprint density at radius 1 is 0.509 bits per heavy atom. The lowest BCUT2D eigenvalue weighted by Crippen LogP contribution is -2.25. The van der Waals surface area contributed by atoms with Gasteiger partial charge in [-0.05, 0) is 92.7 Å². The SMILES string of the molecule is CC1(c2cccc3c2ccc2ccccc23)C=CC(N(c2cccc(-c3ccccc3)c2)c2ccccc2-c2ccc3oc4ccccc4c3c2)=CC1. The van der Waals surface area contributed by atoms with E-state index in [1.54, 1.807) is 0 Å². The minimum Gasteiger partial charge on any atom is -0.456 e. The van der Waals surface area contributed by atoms with Gasteiger partial charge in [0.1, 0.15) is 11.2 Å². The smallest absolute Gasteiger partial charge is 0.135 e. The summed E-state index contributed by atoms with van der Waals surface area (Å²) in [6.45, 7) is 2.37. The fourth-order valence-electron chi connectivity index (χ4n) is 8.31. The Labute approximate surface area is 309 Å². The average Bonchev–Trinajstić information content (AvgIpc) is 3.60. The Bertz CT molecular complexity index is 2890. The van der Waals surface area contributed by atoms with Gasteiger partial charge in [-0.25, -0.2) is 0 Å². The molecule has 8 aromatic carbocycles. The molecule has 252 valence electrons. The summed E-state index contributed by atoms with van der Waals surface area (Å²) in [5.74, 6) is 0. The van der Waals surface area contributed by atoms with E-state index in [0.717, 1.165) is 56.6 Å². The first-order valence-corrected chi connectivity index (χ1v) is 18.4. The first-order valence-electron chi connectivity index (χ1n) is 18.4. The van der Waals surface area contributed by atoms with E-state index in [0.29, 0.717) is 0 Å². The Morgan fingerprint density at radius 3 is 2.13 bits per heavy atom. The molecule has 1 unspecified atom stereocenters. The van der Waals surface area contributed by atoms with Gasteiger partial charge in [-0.2, -0.15) is 0 Å².